The van der Waals surface area contributed by atoms with E-state index in [1.165, 1.54) is 32.3 Å². The summed E-state index contributed by atoms with van der Waals surface area (Å²) in [7, 11) is 0. The Morgan fingerprint density at radius 3 is 1.04 bits per heavy atom. The van der Waals surface area contributed by atoms with Gasteiger partial charge < -0.3 is 4.74 Å². The maximum absolute atomic E-state index is 4.80. The second kappa shape index (κ2) is 6.59. The molecule has 4 aromatic carbocycles. The Balaban J connectivity index is 0.000000207. The van der Waals surface area contributed by atoms with Gasteiger partial charge in [-0.1, -0.05) is 78.9 Å². The van der Waals surface area contributed by atoms with Crippen LogP contribution in [0.25, 0.3) is 32.3 Å². The maximum atomic E-state index is 4.80. The Kier molecular flexibility index (Phi) is 3.99. The molecule has 0 amide bonds. The number of hydrogen-bond donors (Lipinski definition) is 0. The fourth-order valence-corrected chi connectivity index (χ4v) is 3.20. The molecule has 24 heavy (non-hydrogen) atoms. The van der Waals surface area contributed by atoms with E-state index in [0.717, 1.165) is 6.61 Å². The van der Waals surface area contributed by atoms with Crippen LogP contribution in [0.3, 0.4) is 0 Å². The van der Waals surface area contributed by atoms with E-state index >= 15 is 0 Å². The third kappa shape index (κ3) is 2.65. The monoisotopic (exact) mass is 310 g/mol. The Labute approximate surface area is 141 Å². The minimum absolute atomic E-state index is 0.733. The average Bonchev–Trinajstić information content (AvgIpc) is 2.70. The van der Waals surface area contributed by atoms with Gasteiger partial charge in [0.1, 0.15) is 6.61 Å². The zero-order chi connectivity index (χ0) is 16.2. The third-order valence-electron chi connectivity index (χ3n) is 4.27. The van der Waals surface area contributed by atoms with E-state index in [2.05, 4.69) is 72.8 Å². The van der Waals surface area contributed by atoms with Gasteiger partial charge in [0, 0.05) is 0 Å². The highest BCUT2D eigenvalue weighted by molar-refractivity contribution is 6.25. The molecule has 0 unspecified atom stereocenters. The minimum atomic E-state index is 0.733. The van der Waals surface area contributed by atoms with Crippen LogP contribution in [0, 0.1) is 0 Å². The Morgan fingerprint density at radius 1 is 0.500 bits per heavy atom. The Bertz CT molecular complexity index is 824. The third-order valence-corrected chi connectivity index (χ3v) is 4.27. The number of benzene rings is 4. The molecule has 0 aliphatic carbocycles. The van der Waals surface area contributed by atoms with Crippen LogP contribution in [-0.2, 0) is 4.74 Å². The van der Waals surface area contributed by atoms with Crippen LogP contribution in [0.15, 0.2) is 97.3 Å². The van der Waals surface area contributed by atoms with Gasteiger partial charge >= 0.3 is 0 Å². The molecular weight excluding hydrogens is 292 g/mol. The smallest absolute Gasteiger partial charge is 0.106 e. The van der Waals surface area contributed by atoms with Crippen molar-refractivity contribution in [2.45, 2.75) is 0 Å². The first-order valence-corrected chi connectivity index (χ1v) is 8.16. The van der Waals surface area contributed by atoms with Crippen LogP contribution in [0.1, 0.15) is 0 Å². The summed E-state index contributed by atoms with van der Waals surface area (Å²) in [5, 5.41) is 8.04. The van der Waals surface area contributed by atoms with Gasteiger partial charge in [0.15, 0.2) is 0 Å². The van der Waals surface area contributed by atoms with E-state index in [9.17, 15) is 0 Å². The normalized spacial score (nSPS) is 12.8. The SMILES string of the molecule is C1=CCOC=C1.c1ccc2c(c1)c1ccccc1c1ccccc21. The van der Waals surface area contributed by atoms with Gasteiger partial charge in [-0.25, -0.2) is 0 Å². The molecule has 1 heterocycles. The standard InChI is InChI=1S/C18H12.C5H6O/c1-2-8-14-13(7-1)15-9-3-4-11-17(15)18-12-6-5-10-16(14)18;1-2-4-6-5-3-1/h1-12H;1-4H,5H2. The van der Waals surface area contributed by atoms with Gasteiger partial charge in [-0.05, 0) is 44.5 Å². The molecule has 0 atom stereocenters. The van der Waals surface area contributed by atoms with Crippen molar-refractivity contribution in [3.05, 3.63) is 97.3 Å². The molecule has 0 saturated heterocycles. The van der Waals surface area contributed by atoms with E-state index in [4.69, 9.17) is 4.74 Å². The molecule has 1 heteroatoms. The van der Waals surface area contributed by atoms with Crippen molar-refractivity contribution in [2.75, 3.05) is 6.61 Å². The van der Waals surface area contributed by atoms with Gasteiger partial charge in [0.2, 0.25) is 0 Å². The summed E-state index contributed by atoms with van der Waals surface area (Å²) in [6.45, 7) is 0.733. The van der Waals surface area contributed by atoms with Crippen LogP contribution in [-0.4, -0.2) is 6.61 Å². The molecule has 116 valence electrons. The predicted molar refractivity (Wildman–Crippen MR) is 103 cm³/mol. The molecule has 4 aromatic rings. The highest BCUT2D eigenvalue weighted by Crippen LogP contribution is 2.34. The van der Waals surface area contributed by atoms with Gasteiger partial charge in [0.05, 0.1) is 6.26 Å². The summed E-state index contributed by atoms with van der Waals surface area (Å²) in [4.78, 5) is 0. The highest BCUT2D eigenvalue weighted by atomic mass is 16.5. The summed E-state index contributed by atoms with van der Waals surface area (Å²) in [5.41, 5.74) is 0. The summed E-state index contributed by atoms with van der Waals surface area (Å²) in [5.74, 6) is 0. The van der Waals surface area contributed by atoms with E-state index in [-0.39, 0.29) is 0 Å². The molecular formula is C23H18O. The van der Waals surface area contributed by atoms with Crippen molar-refractivity contribution >= 4 is 32.3 Å². The zero-order valence-electron chi connectivity index (χ0n) is 13.4. The van der Waals surface area contributed by atoms with Gasteiger partial charge in [-0.15, -0.1) is 0 Å². The molecule has 0 aromatic heterocycles. The van der Waals surface area contributed by atoms with E-state index in [1.807, 2.05) is 18.2 Å². The summed E-state index contributed by atoms with van der Waals surface area (Å²) < 4.78 is 4.80. The van der Waals surface area contributed by atoms with Crippen LogP contribution in [0.2, 0.25) is 0 Å². The van der Waals surface area contributed by atoms with Crippen LogP contribution >= 0.6 is 0 Å². The van der Waals surface area contributed by atoms with Crippen molar-refractivity contribution in [3.63, 3.8) is 0 Å². The topological polar surface area (TPSA) is 9.23 Å². The zero-order valence-corrected chi connectivity index (χ0v) is 13.4. The molecule has 1 aliphatic rings. The van der Waals surface area contributed by atoms with Crippen molar-refractivity contribution in [2.24, 2.45) is 0 Å². The quantitative estimate of drug-likeness (QED) is 0.350. The second-order valence-corrected chi connectivity index (χ2v) is 5.73. The lowest BCUT2D eigenvalue weighted by molar-refractivity contribution is 0.286. The number of allylic oxidation sites excluding steroid dienone is 2. The molecule has 0 bridgehead atoms. The maximum Gasteiger partial charge on any atom is 0.106 e. The molecule has 5 rings (SSSR count). The number of fused-ring (bicyclic) bond motifs is 6. The molecule has 0 spiro atoms. The fourth-order valence-electron chi connectivity index (χ4n) is 3.20. The van der Waals surface area contributed by atoms with Crippen LogP contribution in [0.4, 0.5) is 0 Å². The van der Waals surface area contributed by atoms with Crippen molar-refractivity contribution in [3.8, 4) is 0 Å². The number of rotatable bonds is 0. The van der Waals surface area contributed by atoms with E-state index < -0.39 is 0 Å². The first-order valence-electron chi connectivity index (χ1n) is 8.16. The number of hydrogen-bond acceptors (Lipinski definition) is 1. The second-order valence-electron chi connectivity index (χ2n) is 5.73. The average molecular weight is 310 g/mol. The van der Waals surface area contributed by atoms with Gasteiger partial charge in [-0.2, -0.15) is 0 Å². The Hall–Kier alpha value is -3.06. The number of ether oxygens (including phenoxy) is 1. The first kappa shape index (κ1) is 14.5. The minimum Gasteiger partial charge on any atom is -0.497 e. The lowest BCUT2D eigenvalue weighted by Gasteiger charge is -2.09. The summed E-state index contributed by atoms with van der Waals surface area (Å²) in [6, 6.07) is 26.0. The molecule has 1 aliphatic heterocycles. The predicted octanol–water partition coefficient (Wildman–Crippen LogP) is 6.23. The van der Waals surface area contributed by atoms with E-state index in [1.54, 1.807) is 6.26 Å². The summed E-state index contributed by atoms with van der Waals surface area (Å²) >= 11 is 0. The van der Waals surface area contributed by atoms with E-state index in [0.29, 0.717) is 0 Å². The van der Waals surface area contributed by atoms with Gasteiger partial charge in [0.25, 0.3) is 0 Å². The Morgan fingerprint density at radius 2 is 0.875 bits per heavy atom. The van der Waals surface area contributed by atoms with Crippen molar-refractivity contribution in [1.82, 2.24) is 0 Å². The van der Waals surface area contributed by atoms with Crippen LogP contribution < -0.4 is 0 Å². The molecule has 0 saturated carbocycles. The van der Waals surface area contributed by atoms with Crippen molar-refractivity contribution < 1.29 is 4.74 Å². The first-order chi connectivity index (χ1) is 11.9. The van der Waals surface area contributed by atoms with Gasteiger partial charge in [-0.3, -0.25) is 0 Å². The molecule has 1 nitrogen and oxygen atoms in total. The largest absolute Gasteiger partial charge is 0.497 e. The van der Waals surface area contributed by atoms with Crippen molar-refractivity contribution in [1.29, 1.82) is 0 Å². The molecule has 0 N–H and O–H groups in total. The lowest BCUT2D eigenvalue weighted by atomic mass is 9.95. The summed E-state index contributed by atoms with van der Waals surface area (Å²) in [6.07, 6.45) is 7.47. The van der Waals surface area contributed by atoms with Crippen LogP contribution in [0.5, 0.6) is 0 Å². The highest BCUT2D eigenvalue weighted by Gasteiger charge is 2.06. The lowest BCUT2D eigenvalue weighted by Crippen LogP contribution is -1.82. The molecule has 0 fully saturated rings. The fraction of sp³-hybridized carbons (Fsp3) is 0.0435. The molecule has 0 radical (unpaired) electrons.